The van der Waals surface area contributed by atoms with Gasteiger partial charge in [0.25, 0.3) is 0 Å². The number of nitriles is 1. The molecule has 5 rings (SSSR count). The summed E-state index contributed by atoms with van der Waals surface area (Å²) in [6.07, 6.45) is 0. The SMILES string of the molecule is Cc1nn2c(N3CCN(CC#N)CC3)cc(-c3ccccc3)nc2c1-c1ccccc1. The molecule has 1 fully saturated rings. The lowest BCUT2D eigenvalue weighted by Gasteiger charge is -2.34. The number of aromatic nitrogens is 3. The number of rotatable bonds is 4. The van der Waals surface area contributed by atoms with Crippen molar-refractivity contribution in [2.45, 2.75) is 6.92 Å². The average Bonchev–Trinajstić information content (AvgIpc) is 3.16. The van der Waals surface area contributed by atoms with E-state index in [1.54, 1.807) is 0 Å². The van der Waals surface area contributed by atoms with Crippen LogP contribution in [0, 0.1) is 18.3 Å². The molecule has 0 unspecified atom stereocenters. The zero-order valence-electron chi connectivity index (χ0n) is 17.6. The fourth-order valence-electron chi connectivity index (χ4n) is 4.27. The zero-order chi connectivity index (χ0) is 21.2. The molecule has 1 aliphatic heterocycles. The Morgan fingerprint density at radius 2 is 1.55 bits per heavy atom. The quantitative estimate of drug-likeness (QED) is 0.478. The minimum atomic E-state index is 0.480. The minimum Gasteiger partial charge on any atom is -0.354 e. The highest BCUT2D eigenvalue weighted by Gasteiger charge is 2.23. The summed E-state index contributed by atoms with van der Waals surface area (Å²) in [5.41, 5.74) is 6.07. The van der Waals surface area contributed by atoms with Crippen LogP contribution >= 0.6 is 0 Å². The first kappa shape index (κ1) is 19.3. The molecule has 0 amide bonds. The maximum Gasteiger partial charge on any atom is 0.166 e. The molecule has 4 aromatic rings. The molecule has 1 aliphatic rings. The second kappa shape index (κ2) is 8.21. The lowest BCUT2D eigenvalue weighted by molar-refractivity contribution is 0.286. The molecule has 1 saturated heterocycles. The predicted molar refractivity (Wildman–Crippen MR) is 123 cm³/mol. The van der Waals surface area contributed by atoms with E-state index in [1.807, 2.05) is 35.7 Å². The van der Waals surface area contributed by atoms with Gasteiger partial charge in [0.05, 0.1) is 24.0 Å². The van der Waals surface area contributed by atoms with E-state index < -0.39 is 0 Å². The lowest BCUT2D eigenvalue weighted by Crippen LogP contribution is -2.47. The van der Waals surface area contributed by atoms with Gasteiger partial charge in [-0.05, 0) is 12.5 Å². The van der Waals surface area contributed by atoms with Gasteiger partial charge in [0, 0.05) is 43.4 Å². The standard InChI is InChI=1S/C25H24N6/c1-19-24(21-10-6-3-7-11-21)25-27-22(20-8-4-2-5-9-20)18-23(31(25)28-19)30-16-14-29(13-12-26)15-17-30/h2-11,18H,13-17H2,1H3. The first-order chi connectivity index (χ1) is 15.2. The Hall–Kier alpha value is -3.69. The molecular weight excluding hydrogens is 384 g/mol. The molecular formula is C25H24N6. The first-order valence-corrected chi connectivity index (χ1v) is 10.6. The van der Waals surface area contributed by atoms with Crippen molar-refractivity contribution in [3.8, 4) is 28.5 Å². The van der Waals surface area contributed by atoms with Crippen molar-refractivity contribution in [1.82, 2.24) is 19.5 Å². The maximum absolute atomic E-state index is 9.02. The summed E-state index contributed by atoms with van der Waals surface area (Å²) in [5, 5.41) is 13.9. The molecule has 0 spiro atoms. The second-order valence-electron chi connectivity index (χ2n) is 7.85. The molecule has 6 nitrogen and oxygen atoms in total. The van der Waals surface area contributed by atoms with Crippen molar-refractivity contribution in [3.63, 3.8) is 0 Å². The Kier molecular flexibility index (Phi) is 5.11. The van der Waals surface area contributed by atoms with Crippen molar-refractivity contribution in [3.05, 3.63) is 72.4 Å². The van der Waals surface area contributed by atoms with Gasteiger partial charge in [0.1, 0.15) is 5.82 Å². The van der Waals surface area contributed by atoms with Gasteiger partial charge in [-0.1, -0.05) is 60.7 Å². The van der Waals surface area contributed by atoms with Crippen LogP contribution in [-0.4, -0.2) is 52.2 Å². The number of fused-ring (bicyclic) bond motifs is 1. The number of anilines is 1. The molecule has 0 saturated carbocycles. The van der Waals surface area contributed by atoms with Gasteiger partial charge in [-0.2, -0.15) is 14.9 Å². The van der Waals surface area contributed by atoms with Gasteiger partial charge in [-0.25, -0.2) is 4.98 Å². The summed E-state index contributed by atoms with van der Waals surface area (Å²) in [4.78, 5) is 9.61. The van der Waals surface area contributed by atoms with Crippen LogP contribution in [0.2, 0.25) is 0 Å². The molecule has 154 valence electrons. The van der Waals surface area contributed by atoms with Crippen LogP contribution in [-0.2, 0) is 0 Å². The Balaban J connectivity index is 1.67. The lowest BCUT2D eigenvalue weighted by atomic mass is 10.1. The number of nitrogens with zero attached hydrogens (tertiary/aromatic N) is 6. The van der Waals surface area contributed by atoms with Crippen LogP contribution in [0.1, 0.15) is 5.69 Å². The predicted octanol–water partition coefficient (Wildman–Crippen LogP) is 4.02. The van der Waals surface area contributed by atoms with Gasteiger partial charge in [-0.15, -0.1) is 0 Å². The summed E-state index contributed by atoms with van der Waals surface area (Å²) in [5.74, 6) is 1.05. The van der Waals surface area contributed by atoms with Crippen LogP contribution < -0.4 is 4.90 Å². The van der Waals surface area contributed by atoms with Gasteiger partial charge < -0.3 is 4.90 Å². The number of benzene rings is 2. The molecule has 31 heavy (non-hydrogen) atoms. The smallest absolute Gasteiger partial charge is 0.166 e. The van der Waals surface area contributed by atoms with E-state index in [0.29, 0.717) is 6.54 Å². The molecule has 0 aliphatic carbocycles. The van der Waals surface area contributed by atoms with Crippen molar-refractivity contribution >= 4 is 11.5 Å². The summed E-state index contributed by atoms with van der Waals surface area (Å²) < 4.78 is 1.99. The normalized spacial score (nSPS) is 14.6. The van der Waals surface area contributed by atoms with Crippen LogP contribution in [0.15, 0.2) is 66.7 Å². The molecule has 0 atom stereocenters. The summed E-state index contributed by atoms with van der Waals surface area (Å²) >= 11 is 0. The monoisotopic (exact) mass is 408 g/mol. The maximum atomic E-state index is 9.02. The highest BCUT2D eigenvalue weighted by atomic mass is 15.4. The molecule has 0 radical (unpaired) electrons. The molecule has 2 aromatic carbocycles. The fraction of sp³-hybridized carbons (Fsp3) is 0.240. The van der Waals surface area contributed by atoms with Crippen LogP contribution in [0.5, 0.6) is 0 Å². The Morgan fingerprint density at radius 1 is 0.903 bits per heavy atom. The van der Waals surface area contributed by atoms with E-state index in [2.05, 4.69) is 58.3 Å². The van der Waals surface area contributed by atoms with E-state index >= 15 is 0 Å². The molecule has 6 heteroatoms. The van der Waals surface area contributed by atoms with Gasteiger partial charge >= 0.3 is 0 Å². The molecule has 0 bridgehead atoms. The Morgan fingerprint density at radius 3 is 2.19 bits per heavy atom. The van der Waals surface area contributed by atoms with Crippen LogP contribution in [0.4, 0.5) is 5.82 Å². The number of hydrogen-bond acceptors (Lipinski definition) is 5. The third-order valence-electron chi connectivity index (χ3n) is 5.87. The third kappa shape index (κ3) is 3.65. The topological polar surface area (TPSA) is 60.5 Å². The Bertz CT molecular complexity index is 1230. The van der Waals surface area contributed by atoms with Crippen LogP contribution in [0.25, 0.3) is 28.0 Å². The van der Waals surface area contributed by atoms with E-state index in [-0.39, 0.29) is 0 Å². The first-order valence-electron chi connectivity index (χ1n) is 10.6. The highest BCUT2D eigenvalue weighted by molar-refractivity contribution is 5.82. The van der Waals surface area contributed by atoms with Crippen LogP contribution in [0.3, 0.4) is 0 Å². The second-order valence-corrected chi connectivity index (χ2v) is 7.85. The number of piperazine rings is 1. The van der Waals surface area contributed by atoms with Crippen molar-refractivity contribution in [2.24, 2.45) is 0 Å². The molecule has 0 N–H and O–H groups in total. The zero-order valence-corrected chi connectivity index (χ0v) is 17.6. The largest absolute Gasteiger partial charge is 0.354 e. The van der Waals surface area contributed by atoms with Crippen molar-refractivity contribution < 1.29 is 0 Å². The van der Waals surface area contributed by atoms with Gasteiger partial charge in [-0.3, -0.25) is 4.90 Å². The van der Waals surface area contributed by atoms with E-state index in [0.717, 1.165) is 65.7 Å². The van der Waals surface area contributed by atoms with Gasteiger partial charge in [0.15, 0.2) is 5.65 Å². The van der Waals surface area contributed by atoms with Gasteiger partial charge in [0.2, 0.25) is 0 Å². The molecule has 2 aromatic heterocycles. The highest BCUT2D eigenvalue weighted by Crippen LogP contribution is 2.32. The fourth-order valence-corrected chi connectivity index (χ4v) is 4.27. The van der Waals surface area contributed by atoms with E-state index in [9.17, 15) is 0 Å². The Labute approximate surface area is 182 Å². The molecule has 3 heterocycles. The summed E-state index contributed by atoms with van der Waals surface area (Å²) in [6, 6.07) is 25.1. The van der Waals surface area contributed by atoms with E-state index in [1.165, 1.54) is 0 Å². The average molecular weight is 409 g/mol. The number of aryl methyl sites for hydroxylation is 1. The summed E-state index contributed by atoms with van der Waals surface area (Å²) in [6.45, 7) is 5.97. The van der Waals surface area contributed by atoms with Crippen molar-refractivity contribution in [2.75, 3.05) is 37.6 Å². The third-order valence-corrected chi connectivity index (χ3v) is 5.87. The number of hydrogen-bond donors (Lipinski definition) is 0. The summed E-state index contributed by atoms with van der Waals surface area (Å²) in [7, 11) is 0. The van der Waals surface area contributed by atoms with E-state index in [4.69, 9.17) is 15.3 Å². The minimum absolute atomic E-state index is 0.480. The van der Waals surface area contributed by atoms with Crippen molar-refractivity contribution in [1.29, 1.82) is 5.26 Å².